The Morgan fingerprint density at radius 3 is 1.96 bits per heavy atom. The van der Waals surface area contributed by atoms with E-state index in [1.807, 2.05) is 54.6 Å². The normalized spacial score (nSPS) is 10.5. The van der Waals surface area contributed by atoms with E-state index in [1.54, 1.807) is 6.92 Å². The van der Waals surface area contributed by atoms with E-state index in [0.717, 1.165) is 28.7 Å². The number of fused-ring (bicyclic) bond motifs is 1. The first-order valence-electron chi connectivity index (χ1n) is 9.29. The summed E-state index contributed by atoms with van der Waals surface area (Å²) in [7, 11) is 0. The summed E-state index contributed by atoms with van der Waals surface area (Å²) in [5, 5.41) is 1.96. The maximum absolute atomic E-state index is 11.4. The van der Waals surface area contributed by atoms with Crippen molar-refractivity contribution in [2.45, 2.75) is 13.3 Å². The van der Waals surface area contributed by atoms with E-state index in [1.165, 1.54) is 5.56 Å². The molecule has 0 aromatic heterocycles. The Bertz CT molecular complexity index is 947. The molecular formula is C24H24O4. The summed E-state index contributed by atoms with van der Waals surface area (Å²) in [6.45, 7) is 6.23. The molecule has 0 heterocycles. The van der Waals surface area contributed by atoms with Crippen LogP contribution in [0, 0.1) is 0 Å². The second-order valence-electron chi connectivity index (χ2n) is 6.46. The SMILES string of the molecule is C=C(C)C(=O)OCCOc1ccc(OCCc2ccccc2)c2ccccc12. The first-order chi connectivity index (χ1) is 13.6. The number of carbonyl (C=O) groups is 1. The molecule has 3 aromatic rings. The van der Waals surface area contributed by atoms with Crippen molar-refractivity contribution < 1.29 is 19.0 Å². The van der Waals surface area contributed by atoms with Crippen LogP contribution >= 0.6 is 0 Å². The summed E-state index contributed by atoms with van der Waals surface area (Å²) in [6.07, 6.45) is 0.849. The van der Waals surface area contributed by atoms with Gasteiger partial charge in [0, 0.05) is 22.8 Å². The number of hydrogen-bond donors (Lipinski definition) is 0. The predicted octanol–water partition coefficient (Wildman–Crippen LogP) is 4.96. The van der Waals surface area contributed by atoms with Crippen LogP contribution in [-0.4, -0.2) is 25.8 Å². The summed E-state index contributed by atoms with van der Waals surface area (Å²) in [5.41, 5.74) is 1.62. The highest BCUT2D eigenvalue weighted by atomic mass is 16.6. The van der Waals surface area contributed by atoms with Gasteiger partial charge in [-0.3, -0.25) is 0 Å². The fraction of sp³-hybridized carbons (Fsp3) is 0.208. The van der Waals surface area contributed by atoms with Crippen molar-refractivity contribution in [1.29, 1.82) is 0 Å². The van der Waals surface area contributed by atoms with Crippen LogP contribution in [0.15, 0.2) is 78.9 Å². The Balaban J connectivity index is 1.63. The standard InChI is InChI=1S/C24H24O4/c1-18(2)24(25)28-17-16-27-23-13-12-22(20-10-6-7-11-21(20)23)26-15-14-19-8-4-3-5-9-19/h3-13H,1,14-17H2,2H3. The Morgan fingerprint density at radius 1 is 0.786 bits per heavy atom. The van der Waals surface area contributed by atoms with Gasteiger partial charge in [0.15, 0.2) is 0 Å². The van der Waals surface area contributed by atoms with E-state index in [4.69, 9.17) is 14.2 Å². The van der Waals surface area contributed by atoms with Gasteiger partial charge in [0.25, 0.3) is 0 Å². The molecule has 0 aliphatic carbocycles. The van der Waals surface area contributed by atoms with Gasteiger partial charge in [-0.25, -0.2) is 4.79 Å². The number of hydrogen-bond acceptors (Lipinski definition) is 4. The topological polar surface area (TPSA) is 44.8 Å². The number of carbonyl (C=O) groups excluding carboxylic acids is 1. The third-order valence-electron chi connectivity index (χ3n) is 4.26. The third kappa shape index (κ3) is 5.13. The van der Waals surface area contributed by atoms with Crippen molar-refractivity contribution in [2.24, 2.45) is 0 Å². The first-order valence-corrected chi connectivity index (χ1v) is 9.29. The molecule has 0 amide bonds. The minimum absolute atomic E-state index is 0.176. The number of ether oxygens (including phenoxy) is 3. The van der Waals surface area contributed by atoms with E-state index < -0.39 is 5.97 Å². The maximum Gasteiger partial charge on any atom is 0.333 e. The minimum atomic E-state index is -0.407. The van der Waals surface area contributed by atoms with Gasteiger partial charge >= 0.3 is 5.97 Å². The Kier molecular flexibility index (Phi) is 6.68. The second-order valence-corrected chi connectivity index (χ2v) is 6.46. The van der Waals surface area contributed by atoms with E-state index >= 15 is 0 Å². The van der Waals surface area contributed by atoms with Crippen LogP contribution in [0.1, 0.15) is 12.5 Å². The van der Waals surface area contributed by atoms with Crippen molar-refractivity contribution in [3.05, 3.63) is 84.4 Å². The van der Waals surface area contributed by atoms with Crippen LogP contribution in [0.25, 0.3) is 10.8 Å². The molecule has 0 atom stereocenters. The molecule has 3 aromatic carbocycles. The summed E-state index contributed by atoms with van der Waals surface area (Å²) in [4.78, 5) is 11.4. The van der Waals surface area contributed by atoms with Crippen LogP contribution in [0.2, 0.25) is 0 Å². The molecule has 4 heteroatoms. The lowest BCUT2D eigenvalue weighted by Crippen LogP contribution is -2.12. The Hall–Kier alpha value is -3.27. The minimum Gasteiger partial charge on any atom is -0.493 e. The molecule has 0 aliphatic rings. The molecule has 0 radical (unpaired) electrons. The summed E-state index contributed by atoms with van der Waals surface area (Å²) >= 11 is 0. The quantitative estimate of drug-likeness (QED) is 0.301. The van der Waals surface area contributed by atoms with Gasteiger partial charge in [0.1, 0.15) is 24.7 Å². The van der Waals surface area contributed by atoms with E-state index in [0.29, 0.717) is 12.2 Å². The molecule has 0 aliphatic heterocycles. The largest absolute Gasteiger partial charge is 0.493 e. The lowest BCUT2D eigenvalue weighted by atomic mass is 10.1. The fourth-order valence-electron chi connectivity index (χ4n) is 2.83. The number of benzene rings is 3. The molecule has 0 N–H and O–H groups in total. The zero-order valence-corrected chi connectivity index (χ0v) is 16.0. The molecular weight excluding hydrogens is 352 g/mol. The van der Waals surface area contributed by atoms with Crippen molar-refractivity contribution in [2.75, 3.05) is 19.8 Å². The Morgan fingerprint density at radius 2 is 1.36 bits per heavy atom. The van der Waals surface area contributed by atoms with Gasteiger partial charge in [0.2, 0.25) is 0 Å². The monoisotopic (exact) mass is 376 g/mol. The molecule has 0 unspecified atom stereocenters. The average molecular weight is 376 g/mol. The van der Waals surface area contributed by atoms with E-state index in [-0.39, 0.29) is 13.2 Å². The zero-order valence-electron chi connectivity index (χ0n) is 16.0. The van der Waals surface area contributed by atoms with Crippen molar-refractivity contribution in [1.82, 2.24) is 0 Å². The smallest absolute Gasteiger partial charge is 0.333 e. The molecule has 0 saturated carbocycles. The second kappa shape index (κ2) is 9.60. The zero-order chi connectivity index (χ0) is 19.8. The first kappa shape index (κ1) is 19.5. The lowest BCUT2D eigenvalue weighted by molar-refractivity contribution is -0.139. The summed E-state index contributed by atoms with van der Waals surface area (Å²) < 4.78 is 16.9. The van der Waals surface area contributed by atoms with Gasteiger partial charge in [-0.15, -0.1) is 0 Å². The van der Waals surface area contributed by atoms with Crippen LogP contribution in [-0.2, 0) is 16.0 Å². The molecule has 3 rings (SSSR count). The maximum atomic E-state index is 11.4. The van der Waals surface area contributed by atoms with Crippen LogP contribution in [0.4, 0.5) is 0 Å². The van der Waals surface area contributed by atoms with Crippen LogP contribution in [0.5, 0.6) is 11.5 Å². The van der Waals surface area contributed by atoms with Gasteiger partial charge < -0.3 is 14.2 Å². The van der Waals surface area contributed by atoms with Gasteiger partial charge in [-0.1, -0.05) is 61.2 Å². The van der Waals surface area contributed by atoms with Gasteiger partial charge in [-0.2, -0.15) is 0 Å². The fourth-order valence-corrected chi connectivity index (χ4v) is 2.83. The third-order valence-corrected chi connectivity index (χ3v) is 4.26. The highest BCUT2D eigenvalue weighted by molar-refractivity contribution is 5.93. The summed E-state index contributed by atoms with van der Waals surface area (Å²) in [6, 6.07) is 22.0. The molecule has 0 bridgehead atoms. The number of esters is 1. The highest BCUT2D eigenvalue weighted by Gasteiger charge is 2.09. The van der Waals surface area contributed by atoms with E-state index in [9.17, 15) is 4.79 Å². The molecule has 4 nitrogen and oxygen atoms in total. The van der Waals surface area contributed by atoms with Crippen molar-refractivity contribution >= 4 is 16.7 Å². The average Bonchev–Trinajstić information content (AvgIpc) is 2.72. The molecule has 0 spiro atoms. The number of rotatable bonds is 9. The predicted molar refractivity (Wildman–Crippen MR) is 111 cm³/mol. The Labute approximate surface area is 165 Å². The van der Waals surface area contributed by atoms with Crippen LogP contribution < -0.4 is 9.47 Å². The van der Waals surface area contributed by atoms with Crippen molar-refractivity contribution in [3.8, 4) is 11.5 Å². The molecule has 0 fully saturated rings. The summed E-state index contributed by atoms with van der Waals surface area (Å²) in [5.74, 6) is 1.15. The molecule has 144 valence electrons. The lowest BCUT2D eigenvalue weighted by Gasteiger charge is -2.14. The van der Waals surface area contributed by atoms with Crippen LogP contribution in [0.3, 0.4) is 0 Å². The van der Waals surface area contributed by atoms with E-state index in [2.05, 4.69) is 18.7 Å². The highest BCUT2D eigenvalue weighted by Crippen LogP contribution is 2.33. The van der Waals surface area contributed by atoms with Gasteiger partial charge in [-0.05, 0) is 24.6 Å². The van der Waals surface area contributed by atoms with Crippen molar-refractivity contribution in [3.63, 3.8) is 0 Å². The molecule has 0 saturated heterocycles. The van der Waals surface area contributed by atoms with Gasteiger partial charge in [0.05, 0.1) is 6.61 Å². The molecule has 28 heavy (non-hydrogen) atoms.